The van der Waals surface area contributed by atoms with Crippen LogP contribution in [0.1, 0.15) is 32.6 Å². The summed E-state index contributed by atoms with van der Waals surface area (Å²) in [6.07, 6.45) is 3.42. The van der Waals surface area contributed by atoms with Crippen molar-refractivity contribution in [1.82, 2.24) is 0 Å². The van der Waals surface area contributed by atoms with Crippen LogP contribution in [0, 0.1) is 0 Å². The Hall–Kier alpha value is -0.740. The van der Waals surface area contributed by atoms with Gasteiger partial charge in [0.25, 0.3) is 0 Å². The second-order valence-corrected chi connectivity index (χ2v) is 5.46. The predicted molar refractivity (Wildman–Crippen MR) is 82.7 cm³/mol. The van der Waals surface area contributed by atoms with Crippen LogP contribution in [0.15, 0.2) is 22.7 Å². The molecule has 19 heavy (non-hydrogen) atoms. The molecule has 3 nitrogen and oxygen atoms in total. The van der Waals surface area contributed by atoms with Crippen molar-refractivity contribution in [3.05, 3.63) is 27.7 Å². The van der Waals surface area contributed by atoms with E-state index < -0.39 is 0 Å². The van der Waals surface area contributed by atoms with Gasteiger partial charge in [0, 0.05) is 28.1 Å². The van der Waals surface area contributed by atoms with Gasteiger partial charge in [0.1, 0.15) is 0 Å². The highest BCUT2D eigenvalue weighted by molar-refractivity contribution is 9.10. The molecule has 1 aromatic rings. The highest BCUT2D eigenvalue weighted by atomic mass is 79.9. The SMILES string of the molecule is CCOC(=O)CCCCCNc1ccc(Cl)cc1Br. The average Bonchev–Trinajstić information content (AvgIpc) is 2.36. The van der Waals surface area contributed by atoms with Gasteiger partial charge in [0.2, 0.25) is 0 Å². The van der Waals surface area contributed by atoms with Crippen molar-refractivity contribution in [2.75, 3.05) is 18.5 Å². The summed E-state index contributed by atoms with van der Waals surface area (Å²) >= 11 is 9.33. The molecule has 0 unspecified atom stereocenters. The number of rotatable bonds is 8. The van der Waals surface area contributed by atoms with Gasteiger partial charge in [-0.15, -0.1) is 0 Å². The second-order valence-electron chi connectivity index (χ2n) is 4.17. The van der Waals surface area contributed by atoms with Crippen LogP contribution in [0.3, 0.4) is 0 Å². The number of carbonyl (C=O) groups excluding carboxylic acids is 1. The maximum Gasteiger partial charge on any atom is 0.305 e. The van der Waals surface area contributed by atoms with Crippen molar-refractivity contribution in [3.8, 4) is 0 Å². The Morgan fingerprint density at radius 1 is 1.37 bits per heavy atom. The molecule has 106 valence electrons. The Morgan fingerprint density at radius 3 is 2.84 bits per heavy atom. The first-order valence-electron chi connectivity index (χ1n) is 6.48. The Morgan fingerprint density at radius 2 is 2.16 bits per heavy atom. The third-order valence-electron chi connectivity index (χ3n) is 2.61. The highest BCUT2D eigenvalue weighted by Gasteiger charge is 2.02. The summed E-state index contributed by atoms with van der Waals surface area (Å²) in [6, 6.07) is 5.67. The molecule has 0 radical (unpaired) electrons. The molecule has 5 heteroatoms. The van der Waals surface area contributed by atoms with Crippen LogP contribution in [-0.2, 0) is 9.53 Å². The molecule has 1 rings (SSSR count). The smallest absolute Gasteiger partial charge is 0.305 e. The van der Waals surface area contributed by atoms with E-state index in [1.54, 1.807) is 0 Å². The second kappa shape index (κ2) is 9.21. The summed E-state index contributed by atoms with van der Waals surface area (Å²) in [6.45, 7) is 3.17. The summed E-state index contributed by atoms with van der Waals surface area (Å²) in [5, 5.41) is 4.05. The van der Waals surface area contributed by atoms with Gasteiger partial charge in [-0.05, 0) is 53.9 Å². The first-order chi connectivity index (χ1) is 9.13. The van der Waals surface area contributed by atoms with Crippen molar-refractivity contribution in [2.45, 2.75) is 32.6 Å². The lowest BCUT2D eigenvalue weighted by Crippen LogP contribution is -2.05. The van der Waals surface area contributed by atoms with E-state index in [0.717, 1.165) is 36.0 Å². The number of ether oxygens (including phenoxy) is 1. The number of benzene rings is 1. The normalized spacial score (nSPS) is 10.3. The quantitative estimate of drug-likeness (QED) is 0.549. The van der Waals surface area contributed by atoms with E-state index in [4.69, 9.17) is 16.3 Å². The number of carbonyl (C=O) groups is 1. The lowest BCUT2D eigenvalue weighted by Gasteiger charge is -2.08. The fourth-order valence-electron chi connectivity index (χ4n) is 1.66. The summed E-state index contributed by atoms with van der Waals surface area (Å²) in [5.74, 6) is -0.101. The van der Waals surface area contributed by atoms with Crippen molar-refractivity contribution in [3.63, 3.8) is 0 Å². The lowest BCUT2D eigenvalue weighted by molar-refractivity contribution is -0.143. The van der Waals surface area contributed by atoms with Crippen LogP contribution in [0.4, 0.5) is 5.69 Å². The molecule has 0 spiro atoms. The summed E-state index contributed by atoms with van der Waals surface area (Å²) in [5.41, 5.74) is 1.04. The third-order valence-corrected chi connectivity index (χ3v) is 3.50. The van der Waals surface area contributed by atoms with E-state index in [-0.39, 0.29) is 5.97 Å². The van der Waals surface area contributed by atoms with E-state index in [1.165, 1.54) is 0 Å². The summed E-state index contributed by atoms with van der Waals surface area (Å²) in [4.78, 5) is 11.1. The first kappa shape index (κ1) is 16.3. The Bertz CT molecular complexity index is 412. The fourth-order valence-corrected chi connectivity index (χ4v) is 2.48. The molecule has 0 aliphatic carbocycles. The van der Waals surface area contributed by atoms with Gasteiger partial charge >= 0.3 is 5.97 Å². The minimum atomic E-state index is -0.101. The molecule has 0 bridgehead atoms. The number of anilines is 1. The molecule has 0 heterocycles. The highest BCUT2D eigenvalue weighted by Crippen LogP contribution is 2.25. The average molecular weight is 349 g/mol. The van der Waals surface area contributed by atoms with E-state index in [9.17, 15) is 4.79 Å². The summed E-state index contributed by atoms with van der Waals surface area (Å²) in [7, 11) is 0. The van der Waals surface area contributed by atoms with E-state index in [0.29, 0.717) is 18.1 Å². The van der Waals surface area contributed by atoms with Gasteiger partial charge in [-0.1, -0.05) is 18.0 Å². The topological polar surface area (TPSA) is 38.3 Å². The molecule has 0 aromatic heterocycles. The zero-order valence-corrected chi connectivity index (χ0v) is 13.4. The summed E-state index contributed by atoms with van der Waals surface area (Å²) < 4.78 is 5.84. The van der Waals surface area contributed by atoms with Crippen LogP contribution >= 0.6 is 27.5 Å². The zero-order valence-electron chi connectivity index (χ0n) is 11.0. The van der Waals surface area contributed by atoms with Gasteiger partial charge in [0.15, 0.2) is 0 Å². The van der Waals surface area contributed by atoms with Crippen LogP contribution < -0.4 is 5.32 Å². The van der Waals surface area contributed by atoms with Crippen LogP contribution in [0.2, 0.25) is 5.02 Å². The van der Waals surface area contributed by atoms with Crippen molar-refractivity contribution in [1.29, 1.82) is 0 Å². The minimum absolute atomic E-state index is 0.101. The number of hydrogen-bond acceptors (Lipinski definition) is 3. The van der Waals surface area contributed by atoms with Gasteiger partial charge in [0.05, 0.1) is 6.61 Å². The van der Waals surface area contributed by atoms with Gasteiger partial charge in [-0.3, -0.25) is 4.79 Å². The third kappa shape index (κ3) is 6.83. The first-order valence-corrected chi connectivity index (χ1v) is 7.65. The Labute approximate surface area is 127 Å². The van der Waals surface area contributed by atoms with E-state index >= 15 is 0 Å². The van der Waals surface area contributed by atoms with Crippen molar-refractivity contribution >= 4 is 39.2 Å². The monoisotopic (exact) mass is 347 g/mol. The van der Waals surface area contributed by atoms with Crippen molar-refractivity contribution in [2.24, 2.45) is 0 Å². The Kier molecular flexibility index (Phi) is 7.91. The number of esters is 1. The zero-order chi connectivity index (χ0) is 14.1. The molecular formula is C14H19BrClNO2. The number of unbranched alkanes of at least 4 members (excludes halogenated alkanes) is 2. The maximum absolute atomic E-state index is 11.1. The molecule has 0 aliphatic heterocycles. The molecule has 0 saturated carbocycles. The fraction of sp³-hybridized carbons (Fsp3) is 0.500. The molecule has 0 saturated heterocycles. The molecular weight excluding hydrogens is 330 g/mol. The number of hydrogen-bond donors (Lipinski definition) is 1. The number of halogens is 2. The van der Waals surface area contributed by atoms with Crippen LogP contribution in [0.25, 0.3) is 0 Å². The molecule has 0 amide bonds. The van der Waals surface area contributed by atoms with Gasteiger partial charge in [-0.2, -0.15) is 0 Å². The maximum atomic E-state index is 11.1. The van der Waals surface area contributed by atoms with Crippen LogP contribution in [0.5, 0.6) is 0 Å². The van der Waals surface area contributed by atoms with Gasteiger partial charge in [-0.25, -0.2) is 0 Å². The number of nitrogens with one attached hydrogen (secondary N) is 1. The van der Waals surface area contributed by atoms with Crippen molar-refractivity contribution < 1.29 is 9.53 Å². The van der Waals surface area contributed by atoms with Gasteiger partial charge < -0.3 is 10.1 Å². The van der Waals surface area contributed by atoms with E-state index in [2.05, 4.69) is 21.2 Å². The van der Waals surface area contributed by atoms with E-state index in [1.807, 2.05) is 25.1 Å². The standard InChI is InChI=1S/C14H19BrClNO2/c1-2-19-14(18)6-4-3-5-9-17-13-8-7-11(16)10-12(13)15/h7-8,10,17H,2-6,9H2,1H3. The largest absolute Gasteiger partial charge is 0.466 e. The predicted octanol–water partition coefficient (Wildman–Crippen LogP) is 4.64. The Balaban J connectivity index is 2.12. The lowest BCUT2D eigenvalue weighted by atomic mass is 10.2. The molecule has 0 fully saturated rings. The molecule has 1 aromatic carbocycles. The molecule has 0 aliphatic rings. The minimum Gasteiger partial charge on any atom is -0.466 e. The molecule has 1 N–H and O–H groups in total. The van der Waals surface area contributed by atoms with Crippen LogP contribution in [-0.4, -0.2) is 19.1 Å². The molecule has 0 atom stereocenters.